The number of anilines is 1. The fourth-order valence-electron chi connectivity index (χ4n) is 4.93. The zero-order valence-corrected chi connectivity index (χ0v) is 19.0. The predicted molar refractivity (Wildman–Crippen MR) is 120 cm³/mol. The van der Waals surface area contributed by atoms with Crippen molar-refractivity contribution in [3.63, 3.8) is 0 Å². The molecule has 3 rings (SSSR count). The Morgan fingerprint density at radius 1 is 1.03 bits per heavy atom. The molecule has 1 aliphatic carbocycles. The quantitative estimate of drug-likeness (QED) is 0.510. The predicted octanol–water partition coefficient (Wildman–Crippen LogP) is 0.110. The Morgan fingerprint density at radius 3 is 2.30 bits per heavy atom. The summed E-state index contributed by atoms with van der Waals surface area (Å²) in [4.78, 5) is 27.8. The van der Waals surface area contributed by atoms with Crippen LogP contribution in [-0.2, 0) is 9.59 Å². The number of aryl methyl sites for hydroxylation is 2. The van der Waals surface area contributed by atoms with Crippen LogP contribution in [0, 0.1) is 19.8 Å². The number of amides is 2. The average molecular weight is 417 g/mol. The summed E-state index contributed by atoms with van der Waals surface area (Å²) in [7, 11) is 0. The fourth-order valence-corrected chi connectivity index (χ4v) is 4.93. The van der Waals surface area contributed by atoms with Gasteiger partial charge in [-0.1, -0.05) is 37.5 Å². The molecule has 6 heteroatoms. The molecule has 0 unspecified atom stereocenters. The number of hydrogen-bond donors (Lipinski definition) is 4. The second-order valence-electron chi connectivity index (χ2n) is 9.37. The second-order valence-corrected chi connectivity index (χ2v) is 9.37. The van der Waals surface area contributed by atoms with E-state index in [1.165, 1.54) is 41.9 Å². The first kappa shape index (κ1) is 22.8. The highest BCUT2D eigenvalue weighted by molar-refractivity contribution is 5.93. The van der Waals surface area contributed by atoms with Gasteiger partial charge in [0.25, 0.3) is 11.8 Å². The van der Waals surface area contributed by atoms with E-state index in [-0.39, 0.29) is 17.9 Å². The van der Waals surface area contributed by atoms with Gasteiger partial charge in [0.15, 0.2) is 12.6 Å². The van der Waals surface area contributed by atoms with E-state index in [0.717, 1.165) is 49.5 Å². The summed E-state index contributed by atoms with van der Waals surface area (Å²) in [5, 5.41) is 6.30. The normalized spacial score (nSPS) is 23.6. The summed E-state index contributed by atoms with van der Waals surface area (Å²) >= 11 is 0. The summed E-state index contributed by atoms with van der Waals surface area (Å²) in [6, 6.07) is 6.05. The summed E-state index contributed by atoms with van der Waals surface area (Å²) in [5.74, 6) is 0.928. The molecule has 1 aromatic carbocycles. The number of nitrogens with one attached hydrogen (secondary N) is 4. The van der Waals surface area contributed by atoms with Crippen molar-refractivity contribution in [2.45, 2.75) is 58.9 Å². The van der Waals surface area contributed by atoms with Crippen LogP contribution in [0.15, 0.2) is 18.2 Å². The maximum atomic E-state index is 12.6. The molecule has 0 spiro atoms. The largest absolute Gasteiger partial charge is 0.351 e. The molecule has 166 valence electrons. The molecule has 2 amide bonds. The van der Waals surface area contributed by atoms with Gasteiger partial charge in [0, 0.05) is 12.2 Å². The molecule has 0 bridgehead atoms. The highest BCUT2D eigenvalue weighted by atomic mass is 16.2. The molecule has 1 aliphatic heterocycles. The SMILES string of the molecule is Cc1cccc(C)c1NC(=O)C[NH+]1CC[NH+]([C@H](C)C(=O)NCC2CCCCC2)CC1. The Bertz CT molecular complexity index is 702. The van der Waals surface area contributed by atoms with E-state index in [4.69, 9.17) is 0 Å². The Morgan fingerprint density at radius 2 is 1.67 bits per heavy atom. The first-order valence-corrected chi connectivity index (χ1v) is 11.8. The Hall–Kier alpha value is -1.92. The van der Waals surface area contributed by atoms with Gasteiger partial charge in [-0.05, 0) is 50.7 Å². The van der Waals surface area contributed by atoms with Gasteiger partial charge in [-0.25, -0.2) is 0 Å². The number of carbonyl (C=O) groups is 2. The Labute approximate surface area is 181 Å². The van der Waals surface area contributed by atoms with Crippen LogP contribution in [0.25, 0.3) is 0 Å². The second kappa shape index (κ2) is 10.9. The molecule has 6 nitrogen and oxygen atoms in total. The third kappa shape index (κ3) is 6.29. The molecular formula is C24H40N4O2+2. The lowest BCUT2D eigenvalue weighted by atomic mass is 9.89. The molecule has 1 heterocycles. The van der Waals surface area contributed by atoms with E-state index >= 15 is 0 Å². The van der Waals surface area contributed by atoms with Crippen LogP contribution < -0.4 is 20.4 Å². The van der Waals surface area contributed by atoms with Gasteiger partial charge in [0.05, 0.1) is 0 Å². The Kier molecular flexibility index (Phi) is 8.28. The maximum absolute atomic E-state index is 12.6. The first-order valence-electron chi connectivity index (χ1n) is 11.8. The van der Waals surface area contributed by atoms with Gasteiger partial charge in [-0.2, -0.15) is 0 Å². The van der Waals surface area contributed by atoms with E-state index in [1.54, 1.807) is 0 Å². The summed E-state index contributed by atoms with van der Waals surface area (Å²) in [6.07, 6.45) is 6.48. The Balaban J connectivity index is 1.39. The monoisotopic (exact) mass is 416 g/mol. The maximum Gasteiger partial charge on any atom is 0.279 e. The van der Waals surface area contributed by atoms with Crippen LogP contribution in [0.1, 0.15) is 50.2 Å². The summed E-state index contributed by atoms with van der Waals surface area (Å²) in [6.45, 7) is 11.1. The van der Waals surface area contributed by atoms with Gasteiger partial charge in [-0.15, -0.1) is 0 Å². The van der Waals surface area contributed by atoms with Gasteiger partial charge in [0.1, 0.15) is 26.2 Å². The lowest BCUT2D eigenvalue weighted by Gasteiger charge is -2.32. The average Bonchev–Trinajstić information content (AvgIpc) is 2.75. The topological polar surface area (TPSA) is 67.1 Å². The van der Waals surface area contributed by atoms with Gasteiger partial charge < -0.3 is 20.4 Å². The van der Waals surface area contributed by atoms with Crippen LogP contribution >= 0.6 is 0 Å². The van der Waals surface area contributed by atoms with Gasteiger partial charge in [-0.3, -0.25) is 9.59 Å². The van der Waals surface area contributed by atoms with Crippen molar-refractivity contribution >= 4 is 17.5 Å². The van der Waals surface area contributed by atoms with Crippen molar-refractivity contribution in [1.29, 1.82) is 0 Å². The van der Waals surface area contributed by atoms with Crippen LogP contribution in [0.4, 0.5) is 5.69 Å². The van der Waals surface area contributed by atoms with E-state index < -0.39 is 0 Å². The lowest BCUT2D eigenvalue weighted by Crippen LogP contribution is -3.30. The minimum atomic E-state index is -0.0152. The molecule has 30 heavy (non-hydrogen) atoms. The molecule has 0 aromatic heterocycles. The molecule has 1 atom stereocenters. The molecule has 2 aliphatic rings. The van der Waals surface area contributed by atoms with Crippen LogP contribution in [-0.4, -0.2) is 57.1 Å². The van der Waals surface area contributed by atoms with Crippen molar-refractivity contribution in [1.82, 2.24) is 5.32 Å². The van der Waals surface area contributed by atoms with Gasteiger partial charge in [0.2, 0.25) is 0 Å². The highest BCUT2D eigenvalue weighted by Crippen LogP contribution is 2.22. The van der Waals surface area contributed by atoms with E-state index in [1.807, 2.05) is 39.0 Å². The smallest absolute Gasteiger partial charge is 0.279 e. The van der Waals surface area contributed by atoms with Crippen LogP contribution in [0.5, 0.6) is 0 Å². The van der Waals surface area contributed by atoms with Crippen molar-refractivity contribution in [2.24, 2.45) is 5.92 Å². The number of hydrogen-bond acceptors (Lipinski definition) is 2. The standard InChI is InChI=1S/C24H38N4O2/c1-18-8-7-9-19(2)23(18)26-22(29)17-27-12-14-28(15-13-27)20(3)24(30)25-16-21-10-5-4-6-11-21/h7-9,20-21H,4-6,10-17H2,1-3H3,(H,25,30)(H,26,29)/p+2/t20-/m1/s1. The third-order valence-corrected chi connectivity index (χ3v) is 7.05. The van der Waals surface area contributed by atoms with Gasteiger partial charge >= 0.3 is 0 Å². The molecule has 2 fully saturated rings. The van der Waals surface area contributed by atoms with E-state index in [9.17, 15) is 9.59 Å². The molecule has 1 saturated heterocycles. The molecular weight excluding hydrogens is 376 g/mol. The number of quaternary nitrogens is 2. The third-order valence-electron chi connectivity index (χ3n) is 7.05. The van der Waals surface area contributed by atoms with E-state index in [2.05, 4.69) is 10.6 Å². The highest BCUT2D eigenvalue weighted by Gasteiger charge is 2.32. The van der Waals surface area contributed by atoms with Crippen LogP contribution in [0.2, 0.25) is 0 Å². The number of benzene rings is 1. The number of rotatable bonds is 7. The molecule has 1 aromatic rings. The van der Waals surface area contributed by atoms with E-state index in [0.29, 0.717) is 12.5 Å². The van der Waals surface area contributed by atoms with Crippen molar-refractivity contribution in [3.05, 3.63) is 29.3 Å². The minimum absolute atomic E-state index is 0.0152. The minimum Gasteiger partial charge on any atom is -0.351 e. The zero-order valence-electron chi connectivity index (χ0n) is 19.0. The number of para-hydroxylation sites is 1. The summed E-state index contributed by atoms with van der Waals surface area (Å²) in [5.41, 5.74) is 3.13. The molecule has 1 saturated carbocycles. The lowest BCUT2D eigenvalue weighted by molar-refractivity contribution is -1.01. The zero-order chi connectivity index (χ0) is 21.5. The van der Waals surface area contributed by atoms with Crippen molar-refractivity contribution < 1.29 is 19.4 Å². The first-order chi connectivity index (χ1) is 14.4. The van der Waals surface area contributed by atoms with Crippen LogP contribution in [0.3, 0.4) is 0 Å². The number of piperazine rings is 1. The summed E-state index contributed by atoms with van der Waals surface area (Å²) < 4.78 is 0. The van der Waals surface area contributed by atoms with Crippen molar-refractivity contribution in [2.75, 3.05) is 44.6 Å². The number of carbonyl (C=O) groups excluding carboxylic acids is 2. The fraction of sp³-hybridized carbons (Fsp3) is 0.667. The molecule has 4 N–H and O–H groups in total. The molecule has 0 radical (unpaired) electrons. The van der Waals surface area contributed by atoms with Crippen molar-refractivity contribution in [3.8, 4) is 0 Å².